The number of hydrogen-bond donors (Lipinski definition) is 0. The molecule has 3 heteroatoms. The predicted octanol–water partition coefficient (Wildman–Crippen LogP) is 15.6. The molecule has 0 atom stereocenters. The predicted molar refractivity (Wildman–Crippen MR) is 245 cm³/mol. The Morgan fingerprint density at radius 1 is 0.316 bits per heavy atom. The average molecular weight is 745 g/mol. The van der Waals surface area contributed by atoms with E-state index in [0.29, 0.717) is 0 Å². The van der Waals surface area contributed by atoms with Gasteiger partial charge in [0.25, 0.3) is 0 Å². The van der Waals surface area contributed by atoms with Gasteiger partial charge in [-0.25, -0.2) is 0 Å². The highest BCUT2D eigenvalue weighted by atomic mass is 32.1. The summed E-state index contributed by atoms with van der Waals surface area (Å²) in [7, 11) is 0. The van der Waals surface area contributed by atoms with Crippen molar-refractivity contribution in [2.45, 2.75) is 0 Å². The van der Waals surface area contributed by atoms with Crippen LogP contribution in [0.15, 0.2) is 218 Å². The SMILES string of the molecule is c1ccc(-c2ccc(N(c3ccc(-c4ccccc4)cc3)c3ccc4c(c3)sc3c(-n5c6ccccc6c6cc(-c7ccccc7)ccc65)cccc34)cc2)cc1. The monoisotopic (exact) mass is 744 g/mol. The first kappa shape index (κ1) is 33.2. The van der Waals surface area contributed by atoms with Crippen LogP contribution in [0.1, 0.15) is 0 Å². The van der Waals surface area contributed by atoms with Crippen LogP contribution in [0, 0.1) is 0 Å². The van der Waals surface area contributed by atoms with E-state index in [1.165, 1.54) is 81.0 Å². The van der Waals surface area contributed by atoms with E-state index in [1.807, 2.05) is 11.3 Å². The summed E-state index contributed by atoms with van der Waals surface area (Å²) in [6.07, 6.45) is 0. The first-order chi connectivity index (χ1) is 28.3. The fourth-order valence-corrected chi connectivity index (χ4v) is 9.68. The largest absolute Gasteiger partial charge is 0.310 e. The lowest BCUT2D eigenvalue weighted by Crippen LogP contribution is -2.09. The van der Waals surface area contributed by atoms with Crippen LogP contribution in [0.3, 0.4) is 0 Å². The molecule has 11 rings (SSSR count). The second-order valence-corrected chi connectivity index (χ2v) is 15.6. The first-order valence-corrected chi connectivity index (χ1v) is 20.2. The van der Waals surface area contributed by atoms with Crippen molar-refractivity contribution in [3.63, 3.8) is 0 Å². The third-order valence-corrected chi connectivity index (χ3v) is 12.4. The van der Waals surface area contributed by atoms with Crippen LogP contribution in [-0.4, -0.2) is 4.57 Å². The number of thiophene rings is 1. The van der Waals surface area contributed by atoms with Crippen LogP contribution in [0.25, 0.3) is 81.0 Å². The summed E-state index contributed by atoms with van der Waals surface area (Å²) in [5, 5.41) is 5.07. The molecule has 0 spiro atoms. The van der Waals surface area contributed by atoms with E-state index in [-0.39, 0.29) is 0 Å². The van der Waals surface area contributed by atoms with E-state index in [0.717, 1.165) is 17.1 Å². The fraction of sp³-hybridized carbons (Fsp3) is 0. The fourth-order valence-electron chi connectivity index (χ4n) is 8.44. The van der Waals surface area contributed by atoms with Crippen molar-refractivity contribution in [2.75, 3.05) is 4.90 Å². The smallest absolute Gasteiger partial charge is 0.0640 e. The van der Waals surface area contributed by atoms with Gasteiger partial charge in [-0.05, 0) is 94.0 Å². The lowest BCUT2D eigenvalue weighted by atomic mass is 10.0. The van der Waals surface area contributed by atoms with Gasteiger partial charge in [-0.15, -0.1) is 11.3 Å². The van der Waals surface area contributed by atoms with Crippen molar-refractivity contribution in [1.29, 1.82) is 0 Å². The molecule has 2 aromatic heterocycles. The number of rotatable bonds is 7. The van der Waals surface area contributed by atoms with Crippen LogP contribution in [0.4, 0.5) is 17.1 Å². The number of para-hydroxylation sites is 1. The third-order valence-electron chi connectivity index (χ3n) is 11.2. The Morgan fingerprint density at radius 3 is 1.44 bits per heavy atom. The molecule has 9 aromatic carbocycles. The lowest BCUT2D eigenvalue weighted by Gasteiger charge is -2.26. The molecule has 57 heavy (non-hydrogen) atoms. The molecule has 0 aliphatic heterocycles. The number of aromatic nitrogens is 1. The van der Waals surface area contributed by atoms with Crippen LogP contribution >= 0.6 is 11.3 Å². The standard InChI is InChI=1S/C54H36N2S/c1-4-13-37(14-5-1)40-23-28-43(29-24-40)55(44-30-25-41(26-31-44)38-15-6-2-7-16-38)45-32-33-47-48-20-12-22-52(54(48)57-53(47)36-45)56-50-21-11-10-19-46(50)49-35-42(27-34-51(49)56)39-17-8-3-9-18-39/h1-36H. The first-order valence-electron chi connectivity index (χ1n) is 19.4. The molecule has 0 N–H and O–H groups in total. The van der Waals surface area contributed by atoms with Crippen LogP contribution in [0.2, 0.25) is 0 Å². The maximum absolute atomic E-state index is 2.47. The second kappa shape index (κ2) is 13.8. The Kier molecular flexibility index (Phi) is 8.04. The Bertz CT molecular complexity index is 3120. The second-order valence-electron chi connectivity index (χ2n) is 14.5. The maximum Gasteiger partial charge on any atom is 0.0640 e. The highest BCUT2D eigenvalue weighted by Gasteiger charge is 2.19. The minimum Gasteiger partial charge on any atom is -0.310 e. The molecular formula is C54H36N2S. The Labute approximate surface area is 335 Å². The number of hydrogen-bond acceptors (Lipinski definition) is 2. The molecule has 0 radical (unpaired) electrons. The number of benzene rings is 9. The van der Waals surface area contributed by atoms with Gasteiger partial charge in [-0.2, -0.15) is 0 Å². The van der Waals surface area contributed by atoms with Crippen LogP contribution in [0.5, 0.6) is 0 Å². The molecule has 0 amide bonds. The van der Waals surface area contributed by atoms with Gasteiger partial charge in [-0.3, -0.25) is 0 Å². The van der Waals surface area contributed by atoms with Crippen molar-refractivity contribution < 1.29 is 0 Å². The number of fused-ring (bicyclic) bond motifs is 6. The zero-order valence-electron chi connectivity index (χ0n) is 31.1. The van der Waals surface area contributed by atoms with E-state index in [4.69, 9.17) is 0 Å². The van der Waals surface area contributed by atoms with Gasteiger partial charge in [0, 0.05) is 43.3 Å². The molecule has 0 saturated carbocycles. The van der Waals surface area contributed by atoms with Crippen molar-refractivity contribution >= 4 is 70.4 Å². The molecular weight excluding hydrogens is 709 g/mol. The molecule has 0 aliphatic rings. The third kappa shape index (κ3) is 5.80. The zero-order valence-corrected chi connectivity index (χ0v) is 31.9. The summed E-state index contributed by atoms with van der Waals surface area (Å²) in [5.41, 5.74) is 14.3. The van der Waals surface area contributed by atoms with Crippen molar-refractivity contribution in [3.8, 4) is 39.1 Å². The zero-order chi connectivity index (χ0) is 37.7. The van der Waals surface area contributed by atoms with Gasteiger partial charge in [0.1, 0.15) is 0 Å². The van der Waals surface area contributed by atoms with Gasteiger partial charge < -0.3 is 9.47 Å². The Hall–Kier alpha value is -7.20. The topological polar surface area (TPSA) is 8.17 Å². The van der Waals surface area contributed by atoms with E-state index < -0.39 is 0 Å². The maximum atomic E-state index is 2.47. The van der Waals surface area contributed by atoms with E-state index in [2.05, 4.69) is 228 Å². The summed E-state index contributed by atoms with van der Waals surface area (Å²) in [5.74, 6) is 0. The molecule has 0 aliphatic carbocycles. The molecule has 0 saturated heterocycles. The van der Waals surface area contributed by atoms with E-state index in [9.17, 15) is 0 Å². The quantitative estimate of drug-likeness (QED) is 0.158. The Balaban J connectivity index is 1.05. The average Bonchev–Trinajstić information content (AvgIpc) is 3.83. The molecule has 2 heterocycles. The summed E-state index contributed by atoms with van der Waals surface area (Å²) >= 11 is 1.88. The minimum absolute atomic E-state index is 1.11. The van der Waals surface area contributed by atoms with E-state index in [1.54, 1.807) is 0 Å². The molecule has 2 nitrogen and oxygen atoms in total. The highest BCUT2D eigenvalue weighted by Crippen LogP contribution is 2.44. The normalized spacial score (nSPS) is 11.5. The van der Waals surface area contributed by atoms with Gasteiger partial charge >= 0.3 is 0 Å². The molecule has 268 valence electrons. The molecule has 0 unspecified atom stereocenters. The highest BCUT2D eigenvalue weighted by molar-refractivity contribution is 7.26. The summed E-state index contributed by atoms with van der Waals surface area (Å²) in [4.78, 5) is 2.38. The molecule has 0 bridgehead atoms. The lowest BCUT2D eigenvalue weighted by molar-refractivity contribution is 1.20. The minimum atomic E-state index is 1.11. The van der Waals surface area contributed by atoms with Crippen molar-refractivity contribution in [2.24, 2.45) is 0 Å². The van der Waals surface area contributed by atoms with Crippen molar-refractivity contribution in [3.05, 3.63) is 218 Å². The molecule has 0 fully saturated rings. The Morgan fingerprint density at radius 2 is 0.807 bits per heavy atom. The van der Waals surface area contributed by atoms with Gasteiger partial charge in [0.2, 0.25) is 0 Å². The van der Waals surface area contributed by atoms with Gasteiger partial charge in [0.15, 0.2) is 0 Å². The summed E-state index contributed by atoms with van der Waals surface area (Å²) in [6, 6.07) is 79.2. The molecule has 11 aromatic rings. The summed E-state index contributed by atoms with van der Waals surface area (Å²) in [6.45, 7) is 0. The van der Waals surface area contributed by atoms with Crippen LogP contribution < -0.4 is 4.90 Å². The summed E-state index contributed by atoms with van der Waals surface area (Å²) < 4.78 is 5.01. The number of anilines is 3. The van der Waals surface area contributed by atoms with Gasteiger partial charge in [-0.1, -0.05) is 158 Å². The van der Waals surface area contributed by atoms with E-state index >= 15 is 0 Å². The number of nitrogens with zero attached hydrogens (tertiary/aromatic N) is 2. The van der Waals surface area contributed by atoms with Crippen molar-refractivity contribution in [1.82, 2.24) is 4.57 Å². The van der Waals surface area contributed by atoms with Crippen LogP contribution in [-0.2, 0) is 0 Å². The van der Waals surface area contributed by atoms with Gasteiger partial charge in [0.05, 0.1) is 21.4 Å².